The van der Waals surface area contributed by atoms with Gasteiger partial charge in [0, 0.05) is 10.4 Å². The summed E-state index contributed by atoms with van der Waals surface area (Å²) in [4.78, 5) is 0.0831. The fourth-order valence-corrected chi connectivity index (χ4v) is 3.12. The van der Waals surface area contributed by atoms with Gasteiger partial charge >= 0.3 is 0 Å². The van der Waals surface area contributed by atoms with E-state index in [4.69, 9.17) is 32.7 Å². The molecule has 0 amide bonds. The number of rotatable bonds is 5. The van der Waals surface area contributed by atoms with Crippen LogP contribution in [0.25, 0.3) is 0 Å². The van der Waals surface area contributed by atoms with Crippen LogP contribution in [0.1, 0.15) is 16.0 Å². The molecule has 1 atom stereocenters. The van der Waals surface area contributed by atoms with E-state index in [0.29, 0.717) is 10.0 Å². The third kappa shape index (κ3) is 4.06. The van der Waals surface area contributed by atoms with Gasteiger partial charge in [-0.15, -0.1) is 0 Å². The second-order valence-electron chi connectivity index (χ2n) is 4.53. The SMILES string of the molecule is COc1ccc(OC)c(C(Br)Cc2ccc(Cl)c(Cl)c2)c1. The molecule has 112 valence electrons. The van der Waals surface area contributed by atoms with Gasteiger partial charge < -0.3 is 9.47 Å². The van der Waals surface area contributed by atoms with Gasteiger partial charge in [-0.05, 0) is 42.3 Å². The highest BCUT2D eigenvalue weighted by molar-refractivity contribution is 9.09. The van der Waals surface area contributed by atoms with E-state index in [-0.39, 0.29) is 4.83 Å². The zero-order chi connectivity index (χ0) is 15.4. The molecule has 0 fully saturated rings. The predicted molar refractivity (Wildman–Crippen MR) is 91.4 cm³/mol. The maximum absolute atomic E-state index is 6.06. The largest absolute Gasteiger partial charge is 0.497 e. The number of alkyl halides is 1. The van der Waals surface area contributed by atoms with Crippen molar-refractivity contribution in [2.24, 2.45) is 0 Å². The first-order valence-electron chi connectivity index (χ1n) is 6.35. The lowest BCUT2D eigenvalue weighted by molar-refractivity contribution is 0.398. The molecule has 0 aromatic heterocycles. The van der Waals surface area contributed by atoms with Crippen molar-refractivity contribution in [3.8, 4) is 11.5 Å². The van der Waals surface area contributed by atoms with Crippen molar-refractivity contribution in [1.29, 1.82) is 0 Å². The average Bonchev–Trinajstić information content (AvgIpc) is 2.50. The van der Waals surface area contributed by atoms with Crippen LogP contribution in [0.5, 0.6) is 11.5 Å². The quantitative estimate of drug-likeness (QED) is 0.611. The first-order valence-corrected chi connectivity index (χ1v) is 8.02. The van der Waals surface area contributed by atoms with Crippen LogP contribution >= 0.6 is 39.1 Å². The maximum Gasteiger partial charge on any atom is 0.123 e. The van der Waals surface area contributed by atoms with E-state index in [1.807, 2.05) is 36.4 Å². The Morgan fingerprint density at radius 2 is 1.76 bits per heavy atom. The zero-order valence-corrected chi connectivity index (χ0v) is 14.8. The molecule has 5 heteroatoms. The van der Waals surface area contributed by atoms with E-state index in [1.165, 1.54) is 0 Å². The van der Waals surface area contributed by atoms with Gasteiger partial charge in [0.05, 0.1) is 24.3 Å². The molecule has 0 aliphatic rings. The number of ether oxygens (including phenoxy) is 2. The van der Waals surface area contributed by atoms with Crippen LogP contribution in [-0.2, 0) is 6.42 Å². The first kappa shape index (κ1) is 16.5. The number of hydrogen-bond acceptors (Lipinski definition) is 2. The Labute approximate surface area is 143 Å². The van der Waals surface area contributed by atoms with Crippen LogP contribution < -0.4 is 9.47 Å². The van der Waals surface area contributed by atoms with Gasteiger partial charge in [-0.2, -0.15) is 0 Å². The molecule has 0 aliphatic heterocycles. The summed E-state index contributed by atoms with van der Waals surface area (Å²) < 4.78 is 10.7. The Morgan fingerprint density at radius 3 is 2.38 bits per heavy atom. The number of methoxy groups -OCH3 is 2. The lowest BCUT2D eigenvalue weighted by Gasteiger charge is -2.16. The summed E-state index contributed by atoms with van der Waals surface area (Å²) in [5.41, 5.74) is 2.12. The van der Waals surface area contributed by atoms with Gasteiger partial charge in [0.15, 0.2) is 0 Å². The fourth-order valence-electron chi connectivity index (χ4n) is 2.07. The van der Waals surface area contributed by atoms with Crippen LogP contribution in [0.4, 0.5) is 0 Å². The van der Waals surface area contributed by atoms with Crippen LogP contribution in [0, 0.1) is 0 Å². The first-order chi connectivity index (χ1) is 10.0. The molecule has 2 rings (SSSR count). The molecule has 2 aromatic carbocycles. The zero-order valence-electron chi connectivity index (χ0n) is 11.7. The van der Waals surface area contributed by atoms with Crippen LogP contribution in [0.2, 0.25) is 10.0 Å². The molecule has 0 saturated heterocycles. The monoisotopic (exact) mass is 388 g/mol. The Morgan fingerprint density at radius 1 is 1.00 bits per heavy atom. The van der Waals surface area contributed by atoms with Crippen molar-refractivity contribution < 1.29 is 9.47 Å². The molecule has 1 unspecified atom stereocenters. The molecule has 0 bridgehead atoms. The summed E-state index contributed by atoms with van der Waals surface area (Å²) in [6, 6.07) is 11.4. The molecule has 0 radical (unpaired) electrons. The highest BCUT2D eigenvalue weighted by Gasteiger charge is 2.15. The minimum Gasteiger partial charge on any atom is -0.497 e. The van der Waals surface area contributed by atoms with E-state index in [0.717, 1.165) is 29.0 Å². The van der Waals surface area contributed by atoms with Crippen molar-refractivity contribution in [3.05, 3.63) is 57.6 Å². The van der Waals surface area contributed by atoms with Crippen molar-refractivity contribution in [1.82, 2.24) is 0 Å². The number of benzene rings is 2. The minimum absolute atomic E-state index is 0.0831. The van der Waals surface area contributed by atoms with E-state index in [9.17, 15) is 0 Å². The maximum atomic E-state index is 6.06. The van der Waals surface area contributed by atoms with E-state index < -0.39 is 0 Å². The molecule has 0 aliphatic carbocycles. The number of halogens is 3. The van der Waals surface area contributed by atoms with Crippen molar-refractivity contribution in [2.75, 3.05) is 14.2 Å². The second kappa shape index (κ2) is 7.39. The Bertz CT molecular complexity index is 632. The van der Waals surface area contributed by atoms with Crippen molar-refractivity contribution in [2.45, 2.75) is 11.2 Å². The highest BCUT2D eigenvalue weighted by Crippen LogP contribution is 2.37. The molecular formula is C16H15BrCl2O2. The highest BCUT2D eigenvalue weighted by atomic mass is 79.9. The minimum atomic E-state index is 0.0831. The van der Waals surface area contributed by atoms with Gasteiger partial charge in [0.25, 0.3) is 0 Å². The summed E-state index contributed by atoms with van der Waals surface area (Å²) in [5, 5.41) is 1.12. The molecule has 0 spiro atoms. The van der Waals surface area contributed by atoms with E-state index in [2.05, 4.69) is 15.9 Å². The van der Waals surface area contributed by atoms with Gasteiger partial charge in [-0.1, -0.05) is 45.2 Å². The number of hydrogen-bond donors (Lipinski definition) is 0. The normalized spacial score (nSPS) is 12.0. The molecular weight excluding hydrogens is 375 g/mol. The van der Waals surface area contributed by atoms with Crippen molar-refractivity contribution in [3.63, 3.8) is 0 Å². The lowest BCUT2D eigenvalue weighted by Crippen LogP contribution is -2.00. The summed E-state index contributed by atoms with van der Waals surface area (Å²) in [6.07, 6.45) is 0.764. The fraction of sp³-hybridized carbons (Fsp3) is 0.250. The summed E-state index contributed by atoms with van der Waals surface area (Å²) in [7, 11) is 3.30. The Hall–Kier alpha value is -0.900. The molecule has 0 saturated carbocycles. The third-order valence-corrected chi connectivity index (χ3v) is 4.73. The molecule has 2 nitrogen and oxygen atoms in total. The van der Waals surface area contributed by atoms with Crippen LogP contribution in [0.3, 0.4) is 0 Å². The Kier molecular flexibility index (Phi) is 5.80. The molecule has 0 heterocycles. The lowest BCUT2D eigenvalue weighted by atomic mass is 10.0. The van der Waals surface area contributed by atoms with E-state index in [1.54, 1.807) is 14.2 Å². The van der Waals surface area contributed by atoms with Gasteiger partial charge in [0.1, 0.15) is 11.5 Å². The van der Waals surface area contributed by atoms with Gasteiger partial charge in [-0.25, -0.2) is 0 Å². The van der Waals surface area contributed by atoms with Gasteiger partial charge in [-0.3, -0.25) is 0 Å². The van der Waals surface area contributed by atoms with Crippen LogP contribution in [0.15, 0.2) is 36.4 Å². The molecule has 0 N–H and O–H groups in total. The smallest absolute Gasteiger partial charge is 0.123 e. The standard InChI is InChI=1S/C16H15BrCl2O2/c1-20-11-4-6-16(21-2)12(9-11)13(17)7-10-3-5-14(18)15(19)8-10/h3-6,8-9,13H,7H2,1-2H3. The Balaban J connectivity index is 2.26. The van der Waals surface area contributed by atoms with E-state index >= 15 is 0 Å². The predicted octanol–water partition coefficient (Wildman–Crippen LogP) is 5.69. The second-order valence-corrected chi connectivity index (χ2v) is 6.45. The summed E-state index contributed by atoms with van der Waals surface area (Å²) in [6.45, 7) is 0. The van der Waals surface area contributed by atoms with Gasteiger partial charge in [0.2, 0.25) is 0 Å². The summed E-state index contributed by atoms with van der Waals surface area (Å²) >= 11 is 15.7. The molecule has 21 heavy (non-hydrogen) atoms. The van der Waals surface area contributed by atoms with Crippen molar-refractivity contribution >= 4 is 39.1 Å². The summed E-state index contributed by atoms with van der Waals surface area (Å²) in [5.74, 6) is 1.61. The topological polar surface area (TPSA) is 18.5 Å². The average molecular weight is 390 g/mol. The molecule has 2 aromatic rings. The van der Waals surface area contributed by atoms with Crippen LogP contribution in [-0.4, -0.2) is 14.2 Å². The third-order valence-electron chi connectivity index (χ3n) is 3.17.